The number of rotatable bonds is 4. The molecule has 0 heterocycles. The molecule has 0 unspecified atom stereocenters. The van der Waals surface area contributed by atoms with Crippen LogP contribution in [0.5, 0.6) is 0 Å². The van der Waals surface area contributed by atoms with Gasteiger partial charge in [0.2, 0.25) is 5.91 Å². The van der Waals surface area contributed by atoms with Gasteiger partial charge in [0.05, 0.1) is 6.54 Å². The monoisotopic (exact) mass is 153 g/mol. The van der Waals surface area contributed by atoms with Crippen molar-refractivity contribution in [1.82, 2.24) is 4.90 Å². The topological polar surface area (TPSA) is 37.4 Å². The van der Waals surface area contributed by atoms with E-state index in [0.717, 1.165) is 0 Å². The Morgan fingerprint density at radius 3 is 2.27 bits per heavy atom. The van der Waals surface area contributed by atoms with Crippen LogP contribution in [0.1, 0.15) is 6.92 Å². The van der Waals surface area contributed by atoms with Crippen LogP contribution < -0.4 is 0 Å². The molecule has 0 aromatic carbocycles. The first kappa shape index (κ1) is 9.62. The van der Waals surface area contributed by atoms with Crippen LogP contribution in [-0.2, 0) is 9.59 Å². The van der Waals surface area contributed by atoms with Gasteiger partial charge < -0.3 is 4.90 Å². The van der Waals surface area contributed by atoms with Gasteiger partial charge in [-0.1, -0.05) is 13.2 Å². The normalized spacial score (nSPS) is 8.45. The minimum absolute atomic E-state index is 0.0301. The number of carbonyl (C=O) groups excluding carboxylic acids is 2. The summed E-state index contributed by atoms with van der Waals surface area (Å²) >= 11 is 0. The highest BCUT2D eigenvalue weighted by molar-refractivity contribution is 5.93. The van der Waals surface area contributed by atoms with Gasteiger partial charge in [-0.05, 0) is 6.08 Å². The molecule has 3 nitrogen and oxygen atoms in total. The maximum atomic E-state index is 10.7. The first-order valence-electron chi connectivity index (χ1n) is 3.17. The predicted molar refractivity (Wildman–Crippen MR) is 42.8 cm³/mol. The molecule has 0 fully saturated rings. The molecule has 60 valence electrons. The lowest BCUT2D eigenvalue weighted by atomic mass is 10.3. The summed E-state index contributed by atoms with van der Waals surface area (Å²) in [6.07, 6.45) is 2.50. The van der Waals surface area contributed by atoms with Crippen LogP contribution in [0, 0.1) is 0 Å². The van der Waals surface area contributed by atoms with E-state index in [-0.39, 0.29) is 18.2 Å². The molecule has 0 aliphatic heterocycles. The van der Waals surface area contributed by atoms with E-state index in [1.54, 1.807) is 0 Å². The number of amides is 1. The van der Waals surface area contributed by atoms with Crippen molar-refractivity contribution in [1.29, 1.82) is 0 Å². The van der Waals surface area contributed by atoms with E-state index in [4.69, 9.17) is 0 Å². The second-order valence-electron chi connectivity index (χ2n) is 2.00. The third kappa shape index (κ3) is 3.35. The van der Waals surface area contributed by atoms with Crippen molar-refractivity contribution in [2.45, 2.75) is 6.92 Å². The van der Waals surface area contributed by atoms with E-state index in [9.17, 15) is 9.59 Å². The van der Waals surface area contributed by atoms with Crippen molar-refractivity contribution in [3.05, 3.63) is 25.4 Å². The quantitative estimate of drug-likeness (QED) is 0.558. The molecule has 0 N–H and O–H groups in total. The molecule has 0 rings (SSSR count). The Hall–Kier alpha value is -1.38. The zero-order valence-corrected chi connectivity index (χ0v) is 6.54. The van der Waals surface area contributed by atoms with Crippen molar-refractivity contribution in [3.8, 4) is 0 Å². The van der Waals surface area contributed by atoms with E-state index in [1.807, 2.05) is 0 Å². The smallest absolute Gasteiger partial charge is 0.223 e. The largest absolute Gasteiger partial charge is 0.312 e. The Balaban J connectivity index is 4.08. The van der Waals surface area contributed by atoms with Gasteiger partial charge in [-0.3, -0.25) is 9.59 Å². The lowest BCUT2D eigenvalue weighted by Crippen LogP contribution is -2.27. The van der Waals surface area contributed by atoms with Gasteiger partial charge in [-0.25, -0.2) is 0 Å². The minimum atomic E-state index is -0.199. The average Bonchev–Trinajstić information content (AvgIpc) is 1.99. The predicted octanol–water partition coefficient (Wildman–Crippen LogP) is 0.734. The molecule has 0 saturated heterocycles. The number of ketones is 1. The summed E-state index contributed by atoms with van der Waals surface area (Å²) in [6, 6.07) is 0. The van der Waals surface area contributed by atoms with Crippen LogP contribution in [0.25, 0.3) is 0 Å². The van der Waals surface area contributed by atoms with Crippen molar-refractivity contribution < 1.29 is 9.59 Å². The fourth-order valence-corrected chi connectivity index (χ4v) is 0.537. The van der Waals surface area contributed by atoms with Gasteiger partial charge in [0, 0.05) is 13.1 Å². The summed E-state index contributed by atoms with van der Waals surface area (Å²) in [4.78, 5) is 22.6. The molecule has 11 heavy (non-hydrogen) atoms. The fourth-order valence-electron chi connectivity index (χ4n) is 0.537. The Kier molecular flexibility index (Phi) is 3.88. The summed E-state index contributed by atoms with van der Waals surface area (Å²) in [6.45, 7) is 8.08. The molecule has 0 aliphatic rings. The lowest BCUT2D eigenvalue weighted by Gasteiger charge is -2.12. The van der Waals surface area contributed by atoms with E-state index < -0.39 is 0 Å². The highest BCUT2D eigenvalue weighted by atomic mass is 16.2. The van der Waals surface area contributed by atoms with E-state index in [2.05, 4.69) is 13.2 Å². The van der Waals surface area contributed by atoms with Gasteiger partial charge >= 0.3 is 0 Å². The lowest BCUT2D eigenvalue weighted by molar-refractivity contribution is -0.129. The zero-order valence-electron chi connectivity index (χ0n) is 6.54. The Bertz CT molecular complexity index is 196. The molecule has 0 aromatic heterocycles. The Labute approximate surface area is 66.0 Å². The average molecular weight is 153 g/mol. The highest BCUT2D eigenvalue weighted by Gasteiger charge is 2.06. The fraction of sp³-hybridized carbons (Fsp3) is 0.250. The van der Waals surface area contributed by atoms with Gasteiger partial charge in [0.15, 0.2) is 5.78 Å². The maximum Gasteiger partial charge on any atom is 0.223 e. The van der Waals surface area contributed by atoms with Crippen LogP contribution in [0.3, 0.4) is 0 Å². The number of nitrogens with zero attached hydrogens (tertiary/aromatic N) is 1. The van der Waals surface area contributed by atoms with Gasteiger partial charge in [0.1, 0.15) is 0 Å². The molecule has 3 heteroatoms. The van der Waals surface area contributed by atoms with Gasteiger partial charge in [-0.2, -0.15) is 0 Å². The molecule has 0 atom stereocenters. The molecule has 0 spiro atoms. The van der Waals surface area contributed by atoms with Crippen LogP contribution in [0.15, 0.2) is 25.4 Å². The van der Waals surface area contributed by atoms with Crippen LogP contribution >= 0.6 is 0 Å². The first-order valence-corrected chi connectivity index (χ1v) is 3.17. The molecule has 0 aromatic rings. The summed E-state index contributed by atoms with van der Waals surface area (Å²) in [7, 11) is 0. The summed E-state index contributed by atoms with van der Waals surface area (Å²) in [5.41, 5.74) is 0. The molecule has 0 aliphatic carbocycles. The van der Waals surface area contributed by atoms with Gasteiger partial charge in [-0.15, -0.1) is 0 Å². The van der Waals surface area contributed by atoms with Crippen LogP contribution in [0.4, 0.5) is 0 Å². The van der Waals surface area contributed by atoms with Gasteiger partial charge in [0.25, 0.3) is 0 Å². The molecule has 0 bridgehead atoms. The van der Waals surface area contributed by atoms with Crippen LogP contribution in [0.2, 0.25) is 0 Å². The third-order valence-corrected chi connectivity index (χ3v) is 1.18. The van der Waals surface area contributed by atoms with Crippen molar-refractivity contribution in [3.63, 3.8) is 0 Å². The maximum absolute atomic E-state index is 10.7. The van der Waals surface area contributed by atoms with E-state index in [1.165, 1.54) is 24.1 Å². The Morgan fingerprint density at radius 1 is 1.45 bits per heavy atom. The highest BCUT2D eigenvalue weighted by Crippen LogP contribution is 1.90. The van der Waals surface area contributed by atoms with Crippen molar-refractivity contribution in [2.24, 2.45) is 0 Å². The third-order valence-electron chi connectivity index (χ3n) is 1.18. The number of hydrogen-bond acceptors (Lipinski definition) is 2. The van der Waals surface area contributed by atoms with E-state index in [0.29, 0.717) is 0 Å². The summed E-state index contributed by atoms with van der Waals surface area (Å²) in [5, 5.41) is 0. The summed E-state index contributed by atoms with van der Waals surface area (Å²) < 4.78 is 0. The molecule has 0 saturated carbocycles. The second kappa shape index (κ2) is 4.44. The van der Waals surface area contributed by atoms with Crippen LogP contribution in [-0.4, -0.2) is 23.1 Å². The van der Waals surface area contributed by atoms with E-state index >= 15 is 0 Å². The van der Waals surface area contributed by atoms with Crippen molar-refractivity contribution in [2.75, 3.05) is 6.54 Å². The van der Waals surface area contributed by atoms with Crippen molar-refractivity contribution >= 4 is 11.7 Å². The molecular formula is C8H11NO2. The minimum Gasteiger partial charge on any atom is -0.312 e. The number of carbonyl (C=O) groups is 2. The standard InChI is InChI=1S/C8H11NO2/c1-4-8(11)6-9(5-2)7(3)10/h4-5H,1-2,6H2,3H3. The Morgan fingerprint density at radius 2 is 2.00 bits per heavy atom. The molecule has 1 amide bonds. The second-order valence-corrected chi connectivity index (χ2v) is 2.00. The molecule has 0 radical (unpaired) electrons. The number of hydrogen-bond donors (Lipinski definition) is 0. The summed E-state index contributed by atoms with van der Waals surface area (Å²) in [5.74, 6) is -0.393. The SMILES string of the molecule is C=CC(=O)CN(C=C)C(C)=O. The first-order chi connectivity index (χ1) is 5.11. The molecular weight excluding hydrogens is 142 g/mol. The zero-order chi connectivity index (χ0) is 8.85.